The van der Waals surface area contributed by atoms with Crippen LogP contribution in [-0.2, 0) is 0 Å². The lowest BCUT2D eigenvalue weighted by Gasteiger charge is -2.06. The Morgan fingerprint density at radius 1 is 1.00 bits per heavy atom. The minimum atomic E-state index is -2.50. The molecule has 3 heteroatoms. The monoisotopic (exact) mass is 269 g/mol. The maximum Gasteiger partial charge on any atom is 0.265 e. The highest BCUT2D eigenvalue weighted by Crippen LogP contribution is 2.19. The predicted octanol–water partition coefficient (Wildman–Crippen LogP) is 5.70. The van der Waals surface area contributed by atoms with Crippen molar-refractivity contribution in [3.05, 3.63) is 34.6 Å². The smallest absolute Gasteiger partial charge is 0.262 e. The molecular weight excluding hydrogens is 244 g/mol. The molecule has 0 aromatic heterocycles. The average Bonchev–Trinajstić information content (AvgIpc) is 2.34. The van der Waals surface area contributed by atoms with E-state index in [-0.39, 0.29) is 5.57 Å². The number of hydrogen-bond donors (Lipinski definition) is 0. The lowest BCUT2D eigenvalue weighted by molar-refractivity contribution is 0.192. The molecule has 1 nitrogen and oxygen atoms in total. The molecule has 0 spiro atoms. The van der Waals surface area contributed by atoms with Crippen molar-refractivity contribution in [2.24, 2.45) is 4.99 Å². The van der Waals surface area contributed by atoms with Crippen molar-refractivity contribution < 1.29 is 8.78 Å². The summed E-state index contributed by atoms with van der Waals surface area (Å²) >= 11 is 0. The molecule has 0 bridgehead atoms. The number of alkyl halides is 2. The van der Waals surface area contributed by atoms with E-state index < -0.39 is 6.43 Å². The fourth-order valence-corrected chi connectivity index (χ4v) is 1.53. The van der Waals surface area contributed by atoms with Gasteiger partial charge in [0.1, 0.15) is 0 Å². The first-order valence-corrected chi connectivity index (χ1v) is 6.70. The molecule has 0 fully saturated rings. The summed E-state index contributed by atoms with van der Waals surface area (Å²) in [5.41, 5.74) is 3.27. The van der Waals surface area contributed by atoms with Crippen LogP contribution in [-0.4, -0.2) is 12.1 Å². The molecular formula is C16H25F2N. The summed E-state index contributed by atoms with van der Waals surface area (Å²) in [6, 6.07) is 0. The largest absolute Gasteiger partial charge is 0.265 e. The summed E-state index contributed by atoms with van der Waals surface area (Å²) in [5, 5.41) is 0. The normalized spacial score (nSPS) is 15.9. The quantitative estimate of drug-likeness (QED) is 0.433. The van der Waals surface area contributed by atoms with Gasteiger partial charge in [0.2, 0.25) is 0 Å². The predicted molar refractivity (Wildman–Crippen MR) is 79.9 cm³/mol. The first kappa shape index (κ1) is 17.8. The molecule has 0 radical (unpaired) electrons. The van der Waals surface area contributed by atoms with Crippen LogP contribution in [0.4, 0.5) is 8.78 Å². The minimum Gasteiger partial charge on any atom is -0.262 e. The topological polar surface area (TPSA) is 12.4 Å². The zero-order chi connectivity index (χ0) is 15.0. The van der Waals surface area contributed by atoms with Crippen LogP contribution < -0.4 is 0 Å². The lowest BCUT2D eigenvalue weighted by atomic mass is 10.1. The molecule has 0 aliphatic rings. The molecule has 0 amide bonds. The zero-order valence-corrected chi connectivity index (χ0v) is 12.8. The fraction of sp³-hybridized carbons (Fsp3) is 0.562. The van der Waals surface area contributed by atoms with Gasteiger partial charge in [-0.15, -0.1) is 0 Å². The van der Waals surface area contributed by atoms with Crippen LogP contribution in [0.15, 0.2) is 39.6 Å². The van der Waals surface area contributed by atoms with Crippen LogP contribution in [0, 0.1) is 0 Å². The summed E-state index contributed by atoms with van der Waals surface area (Å²) in [6.45, 7) is 11.3. The third-order valence-corrected chi connectivity index (χ3v) is 2.94. The van der Waals surface area contributed by atoms with E-state index in [0.29, 0.717) is 5.70 Å². The average molecular weight is 269 g/mol. The summed E-state index contributed by atoms with van der Waals surface area (Å²) < 4.78 is 26.2. The van der Waals surface area contributed by atoms with Crippen LogP contribution >= 0.6 is 0 Å². The van der Waals surface area contributed by atoms with Crippen molar-refractivity contribution in [1.29, 1.82) is 0 Å². The van der Waals surface area contributed by atoms with E-state index in [1.165, 1.54) is 11.6 Å². The van der Waals surface area contributed by atoms with Crippen LogP contribution in [0.5, 0.6) is 0 Å². The molecule has 0 aliphatic heterocycles. The van der Waals surface area contributed by atoms with Crippen molar-refractivity contribution in [3.8, 4) is 0 Å². The van der Waals surface area contributed by atoms with Gasteiger partial charge >= 0.3 is 0 Å². The molecule has 19 heavy (non-hydrogen) atoms. The second kappa shape index (κ2) is 8.78. The van der Waals surface area contributed by atoms with Crippen LogP contribution in [0.2, 0.25) is 0 Å². The fourth-order valence-electron chi connectivity index (χ4n) is 1.53. The Hall–Kier alpha value is -1.25. The molecule has 0 rings (SSSR count). The third-order valence-electron chi connectivity index (χ3n) is 2.94. The molecule has 0 aromatic rings. The summed E-state index contributed by atoms with van der Waals surface area (Å²) in [5.74, 6) is 0. The van der Waals surface area contributed by atoms with Gasteiger partial charge in [-0.25, -0.2) is 8.78 Å². The SMILES string of the molecule is CCC(C)=N/C(C)=C(/C=C(C)\C=C(/C)CC)C(F)F. The summed E-state index contributed by atoms with van der Waals surface area (Å²) in [6.07, 6.45) is 2.66. The van der Waals surface area contributed by atoms with Crippen LogP contribution in [0.25, 0.3) is 0 Å². The van der Waals surface area contributed by atoms with Crippen molar-refractivity contribution in [2.45, 2.75) is 60.8 Å². The Labute approximate surface area is 115 Å². The lowest BCUT2D eigenvalue weighted by Crippen LogP contribution is -1.99. The van der Waals surface area contributed by atoms with E-state index in [1.807, 2.05) is 40.7 Å². The van der Waals surface area contributed by atoms with Crippen molar-refractivity contribution in [1.82, 2.24) is 0 Å². The Morgan fingerprint density at radius 3 is 2.00 bits per heavy atom. The molecule has 0 heterocycles. The minimum absolute atomic E-state index is 0.00505. The van der Waals surface area contributed by atoms with Crippen LogP contribution in [0.1, 0.15) is 54.4 Å². The number of hydrogen-bond acceptors (Lipinski definition) is 1. The van der Waals surface area contributed by atoms with Gasteiger partial charge in [0, 0.05) is 17.0 Å². The first-order valence-electron chi connectivity index (χ1n) is 6.70. The Balaban J connectivity index is 5.47. The molecule has 0 atom stereocenters. The Morgan fingerprint density at radius 2 is 1.58 bits per heavy atom. The van der Waals surface area contributed by atoms with Crippen molar-refractivity contribution in [2.75, 3.05) is 0 Å². The highest BCUT2D eigenvalue weighted by atomic mass is 19.3. The zero-order valence-electron chi connectivity index (χ0n) is 12.8. The van der Waals surface area contributed by atoms with E-state index in [4.69, 9.17) is 0 Å². The van der Waals surface area contributed by atoms with Gasteiger partial charge in [-0.1, -0.05) is 31.1 Å². The number of aliphatic imine (C=N–C) groups is 1. The number of allylic oxidation sites excluding steroid dienone is 6. The highest BCUT2D eigenvalue weighted by Gasteiger charge is 2.12. The maximum absolute atomic E-state index is 13.1. The van der Waals surface area contributed by atoms with E-state index in [9.17, 15) is 8.78 Å². The first-order chi connectivity index (χ1) is 8.81. The maximum atomic E-state index is 13.1. The third kappa shape index (κ3) is 7.04. The van der Waals surface area contributed by atoms with Crippen LogP contribution in [0.3, 0.4) is 0 Å². The summed E-state index contributed by atoms with van der Waals surface area (Å²) in [4.78, 5) is 4.22. The number of halogens is 2. The molecule has 0 unspecified atom stereocenters. The van der Waals surface area contributed by atoms with Gasteiger partial charge in [-0.05, 0) is 46.6 Å². The van der Waals surface area contributed by atoms with E-state index in [0.717, 1.165) is 24.1 Å². The van der Waals surface area contributed by atoms with Crippen molar-refractivity contribution >= 4 is 5.71 Å². The molecule has 0 N–H and O–H groups in total. The molecule has 108 valence electrons. The van der Waals surface area contributed by atoms with Gasteiger partial charge in [-0.3, -0.25) is 4.99 Å². The van der Waals surface area contributed by atoms with E-state index in [2.05, 4.69) is 4.99 Å². The Kier molecular flexibility index (Phi) is 8.21. The van der Waals surface area contributed by atoms with Gasteiger partial charge < -0.3 is 0 Å². The molecule has 0 aromatic carbocycles. The van der Waals surface area contributed by atoms with E-state index in [1.54, 1.807) is 6.92 Å². The molecule has 0 aliphatic carbocycles. The summed E-state index contributed by atoms with van der Waals surface area (Å²) in [7, 11) is 0. The van der Waals surface area contributed by atoms with E-state index >= 15 is 0 Å². The molecule has 0 saturated heterocycles. The standard InChI is InChI=1S/C16H25F2N/c1-7-11(3)9-12(4)10-15(16(17)18)14(6)19-13(5)8-2/h9-10,16H,7-8H2,1-6H3/b11-9+,12-10-,15-14-,19-13?. The second-order valence-corrected chi connectivity index (χ2v) is 4.77. The van der Waals surface area contributed by atoms with Gasteiger partial charge in [0.05, 0.1) is 0 Å². The number of nitrogens with zero attached hydrogens (tertiary/aromatic N) is 1. The Bertz CT molecular complexity index is 412. The highest BCUT2D eigenvalue weighted by molar-refractivity contribution is 5.82. The second-order valence-electron chi connectivity index (χ2n) is 4.77. The number of rotatable bonds is 6. The molecule has 0 saturated carbocycles. The van der Waals surface area contributed by atoms with Gasteiger partial charge in [0.15, 0.2) is 0 Å². The van der Waals surface area contributed by atoms with Gasteiger partial charge in [-0.2, -0.15) is 0 Å². The van der Waals surface area contributed by atoms with Crippen molar-refractivity contribution in [3.63, 3.8) is 0 Å². The van der Waals surface area contributed by atoms with Gasteiger partial charge in [0.25, 0.3) is 6.43 Å².